The third-order valence-electron chi connectivity index (χ3n) is 3.09. The number of carbonyl (C=O) groups is 1. The Morgan fingerprint density at radius 2 is 1.74 bits per heavy atom. The monoisotopic (exact) mass is 352 g/mol. The van der Waals surface area contributed by atoms with Gasteiger partial charge in [0.15, 0.2) is 0 Å². The van der Waals surface area contributed by atoms with E-state index in [1.165, 1.54) is 22.7 Å². The molecule has 1 amide bonds. The number of nitrogens with zero attached hydrogens (tertiary/aromatic N) is 1. The molecule has 0 atom stereocenters. The highest BCUT2D eigenvalue weighted by atomic mass is 32.2. The normalized spacial score (nSPS) is 12.0. The molecule has 23 heavy (non-hydrogen) atoms. The maximum absolute atomic E-state index is 12.5. The Morgan fingerprint density at radius 3 is 2.22 bits per heavy atom. The molecule has 1 aromatic heterocycles. The summed E-state index contributed by atoms with van der Waals surface area (Å²) >= 11 is 1.17. The van der Waals surface area contributed by atoms with Gasteiger partial charge in [-0.1, -0.05) is 6.07 Å². The van der Waals surface area contributed by atoms with Gasteiger partial charge in [-0.25, -0.2) is 8.42 Å². The SMILES string of the molecule is CN(c1ccc(C(=O)NC(C)(C)C)cc1)S(=O)(=O)c1cccs1. The molecule has 0 aliphatic heterocycles. The van der Waals surface area contributed by atoms with E-state index < -0.39 is 10.0 Å². The van der Waals surface area contributed by atoms with E-state index in [1.807, 2.05) is 20.8 Å². The molecule has 124 valence electrons. The fraction of sp³-hybridized carbons (Fsp3) is 0.312. The van der Waals surface area contributed by atoms with Crippen molar-refractivity contribution in [3.05, 3.63) is 47.3 Å². The van der Waals surface area contributed by atoms with Crippen LogP contribution in [0.5, 0.6) is 0 Å². The second-order valence-corrected chi connectivity index (χ2v) is 9.30. The van der Waals surface area contributed by atoms with Crippen molar-refractivity contribution in [2.24, 2.45) is 0 Å². The molecule has 0 spiro atoms. The Kier molecular flexibility index (Phi) is 4.81. The van der Waals surface area contributed by atoms with Crippen LogP contribution in [0, 0.1) is 0 Å². The second-order valence-electron chi connectivity index (χ2n) is 6.16. The molecule has 1 N–H and O–H groups in total. The number of hydrogen-bond acceptors (Lipinski definition) is 4. The van der Waals surface area contributed by atoms with Crippen LogP contribution in [0.4, 0.5) is 5.69 Å². The number of nitrogens with one attached hydrogen (secondary N) is 1. The van der Waals surface area contributed by atoms with Crippen molar-refractivity contribution in [1.82, 2.24) is 5.32 Å². The van der Waals surface area contributed by atoms with Gasteiger partial charge in [0.1, 0.15) is 4.21 Å². The lowest BCUT2D eigenvalue weighted by Crippen LogP contribution is -2.40. The zero-order valence-electron chi connectivity index (χ0n) is 13.5. The zero-order chi connectivity index (χ0) is 17.3. The Morgan fingerprint density at radius 1 is 1.13 bits per heavy atom. The standard InChI is InChI=1S/C16H20N2O3S2/c1-16(2,3)17-15(19)12-7-9-13(10-8-12)18(4)23(20,21)14-6-5-11-22-14/h5-11H,1-4H3,(H,17,19). The van der Waals surface area contributed by atoms with E-state index in [9.17, 15) is 13.2 Å². The van der Waals surface area contributed by atoms with Gasteiger partial charge in [0.05, 0.1) is 5.69 Å². The van der Waals surface area contributed by atoms with Crippen molar-refractivity contribution in [2.45, 2.75) is 30.5 Å². The number of carbonyl (C=O) groups excluding carboxylic acids is 1. The van der Waals surface area contributed by atoms with Crippen molar-refractivity contribution in [3.8, 4) is 0 Å². The molecular weight excluding hydrogens is 332 g/mol. The van der Waals surface area contributed by atoms with Crippen LogP contribution in [0.1, 0.15) is 31.1 Å². The summed E-state index contributed by atoms with van der Waals surface area (Å²) < 4.78 is 26.4. The fourth-order valence-corrected chi connectivity index (χ4v) is 4.28. The highest BCUT2D eigenvalue weighted by Crippen LogP contribution is 2.25. The summed E-state index contributed by atoms with van der Waals surface area (Å²) in [7, 11) is -2.06. The van der Waals surface area contributed by atoms with E-state index in [0.717, 1.165) is 0 Å². The molecule has 1 aromatic carbocycles. The summed E-state index contributed by atoms with van der Waals surface area (Å²) in [5, 5.41) is 4.59. The second kappa shape index (κ2) is 6.33. The number of benzene rings is 1. The molecule has 2 aromatic rings. The molecule has 0 saturated heterocycles. The van der Waals surface area contributed by atoms with Crippen molar-refractivity contribution >= 4 is 33.0 Å². The highest BCUT2D eigenvalue weighted by molar-refractivity contribution is 7.94. The van der Waals surface area contributed by atoms with Gasteiger partial charge in [-0.2, -0.15) is 0 Å². The molecule has 0 fully saturated rings. The summed E-state index contributed by atoms with van der Waals surface area (Å²) in [6.07, 6.45) is 0. The number of rotatable bonds is 4. The topological polar surface area (TPSA) is 66.5 Å². The Balaban J connectivity index is 2.21. The molecule has 0 unspecified atom stereocenters. The van der Waals surface area contributed by atoms with E-state index in [1.54, 1.807) is 41.8 Å². The summed E-state index contributed by atoms with van der Waals surface area (Å²) in [5.41, 5.74) is 0.672. The largest absolute Gasteiger partial charge is 0.347 e. The van der Waals surface area contributed by atoms with Crippen molar-refractivity contribution < 1.29 is 13.2 Å². The Hall–Kier alpha value is -1.86. The fourth-order valence-electron chi connectivity index (χ4n) is 1.92. The van der Waals surface area contributed by atoms with E-state index >= 15 is 0 Å². The third kappa shape index (κ3) is 4.11. The average molecular weight is 352 g/mol. The van der Waals surface area contributed by atoms with Crippen LogP contribution in [-0.2, 0) is 10.0 Å². The van der Waals surface area contributed by atoms with Gasteiger partial charge in [-0.05, 0) is 56.5 Å². The van der Waals surface area contributed by atoms with Gasteiger partial charge in [-0.3, -0.25) is 9.10 Å². The molecule has 0 aliphatic carbocycles. The minimum Gasteiger partial charge on any atom is -0.347 e. The van der Waals surface area contributed by atoms with Crippen molar-refractivity contribution in [3.63, 3.8) is 0 Å². The lowest BCUT2D eigenvalue weighted by Gasteiger charge is -2.21. The maximum atomic E-state index is 12.5. The molecule has 2 rings (SSSR count). The molecule has 0 saturated carbocycles. The molecule has 0 radical (unpaired) electrons. The molecular formula is C16H20N2O3S2. The van der Waals surface area contributed by atoms with Gasteiger partial charge >= 0.3 is 0 Å². The van der Waals surface area contributed by atoms with Crippen LogP contribution in [0.2, 0.25) is 0 Å². The first-order valence-corrected chi connectivity index (χ1v) is 9.38. The van der Waals surface area contributed by atoms with Crippen LogP contribution in [0.25, 0.3) is 0 Å². The summed E-state index contributed by atoms with van der Waals surface area (Å²) in [4.78, 5) is 12.1. The smallest absolute Gasteiger partial charge is 0.273 e. The van der Waals surface area contributed by atoms with E-state index in [-0.39, 0.29) is 15.7 Å². The van der Waals surface area contributed by atoms with Crippen LogP contribution in [-0.4, -0.2) is 26.9 Å². The van der Waals surface area contributed by atoms with Crippen LogP contribution in [0.15, 0.2) is 46.0 Å². The van der Waals surface area contributed by atoms with Crippen LogP contribution in [0.3, 0.4) is 0 Å². The zero-order valence-corrected chi connectivity index (χ0v) is 15.2. The van der Waals surface area contributed by atoms with Gasteiger partial charge in [0.2, 0.25) is 0 Å². The lowest BCUT2D eigenvalue weighted by atomic mass is 10.1. The van der Waals surface area contributed by atoms with E-state index in [4.69, 9.17) is 0 Å². The predicted molar refractivity (Wildman–Crippen MR) is 93.6 cm³/mol. The highest BCUT2D eigenvalue weighted by Gasteiger charge is 2.22. The van der Waals surface area contributed by atoms with E-state index in [2.05, 4.69) is 5.32 Å². The third-order valence-corrected chi connectivity index (χ3v) is 6.25. The lowest BCUT2D eigenvalue weighted by molar-refractivity contribution is 0.0919. The molecule has 1 heterocycles. The summed E-state index contributed by atoms with van der Waals surface area (Å²) in [6.45, 7) is 5.71. The number of sulfonamides is 1. The van der Waals surface area contributed by atoms with Crippen LogP contribution < -0.4 is 9.62 Å². The molecule has 0 aliphatic rings. The quantitative estimate of drug-likeness (QED) is 0.919. The van der Waals surface area contributed by atoms with Gasteiger partial charge < -0.3 is 5.32 Å². The van der Waals surface area contributed by atoms with Gasteiger partial charge in [0, 0.05) is 18.2 Å². The summed E-state index contributed by atoms with van der Waals surface area (Å²) in [6, 6.07) is 9.77. The summed E-state index contributed by atoms with van der Waals surface area (Å²) in [5.74, 6) is -0.187. The van der Waals surface area contributed by atoms with Crippen LogP contribution >= 0.6 is 11.3 Å². The first kappa shape index (κ1) is 17.5. The molecule has 5 nitrogen and oxygen atoms in total. The number of hydrogen-bond donors (Lipinski definition) is 1. The number of thiophene rings is 1. The predicted octanol–water partition coefficient (Wildman–Crippen LogP) is 3.10. The minimum absolute atomic E-state index is 0.187. The minimum atomic E-state index is -3.56. The van der Waals surface area contributed by atoms with Gasteiger partial charge in [0.25, 0.3) is 15.9 Å². The number of anilines is 1. The molecule has 7 heteroatoms. The average Bonchev–Trinajstić information content (AvgIpc) is 2.99. The Labute approximate surface area is 141 Å². The van der Waals surface area contributed by atoms with E-state index in [0.29, 0.717) is 11.3 Å². The molecule has 0 bridgehead atoms. The van der Waals surface area contributed by atoms with Gasteiger partial charge in [-0.15, -0.1) is 11.3 Å². The first-order chi connectivity index (χ1) is 10.6. The maximum Gasteiger partial charge on any atom is 0.273 e. The van der Waals surface area contributed by atoms with Crippen molar-refractivity contribution in [2.75, 3.05) is 11.4 Å². The Bertz CT molecular complexity index is 774. The first-order valence-electron chi connectivity index (χ1n) is 7.06. The number of amides is 1. The van der Waals surface area contributed by atoms with Crippen molar-refractivity contribution in [1.29, 1.82) is 0 Å².